The van der Waals surface area contributed by atoms with Crippen molar-refractivity contribution in [2.75, 3.05) is 0 Å². The van der Waals surface area contributed by atoms with Gasteiger partial charge in [-0.25, -0.2) is 0 Å². The SMILES string of the molecule is CC(C)(C)c1ccc([S+](c2ccc(S)cc2)c2ccc(C(C)(C)C)cc2)cc1. The van der Waals surface area contributed by atoms with Gasteiger partial charge in [0.05, 0.1) is 10.9 Å². The molecule has 0 nitrogen and oxygen atoms in total. The van der Waals surface area contributed by atoms with Crippen LogP contribution in [0.5, 0.6) is 0 Å². The molecule has 0 aliphatic carbocycles. The van der Waals surface area contributed by atoms with Crippen molar-refractivity contribution in [1.82, 2.24) is 0 Å². The van der Waals surface area contributed by atoms with Crippen LogP contribution >= 0.6 is 12.6 Å². The first-order chi connectivity index (χ1) is 13.1. The Hall–Kier alpha value is -1.64. The molecule has 0 aromatic heterocycles. The normalized spacial score (nSPS) is 12.4. The van der Waals surface area contributed by atoms with Crippen molar-refractivity contribution < 1.29 is 0 Å². The van der Waals surface area contributed by atoms with E-state index in [-0.39, 0.29) is 21.7 Å². The highest BCUT2D eigenvalue weighted by atomic mass is 32.2. The zero-order valence-corrected chi connectivity index (χ0v) is 19.5. The summed E-state index contributed by atoms with van der Waals surface area (Å²) in [5.74, 6) is 0. The molecule has 0 saturated carbocycles. The molecule has 0 unspecified atom stereocenters. The maximum atomic E-state index is 4.47. The first kappa shape index (κ1) is 21.1. The minimum Gasteiger partial charge on any atom is -0.143 e. The van der Waals surface area contributed by atoms with Crippen LogP contribution in [0.15, 0.2) is 92.4 Å². The Morgan fingerprint density at radius 3 is 1.07 bits per heavy atom. The lowest BCUT2D eigenvalue weighted by Crippen LogP contribution is -2.12. The van der Waals surface area contributed by atoms with E-state index >= 15 is 0 Å². The van der Waals surface area contributed by atoms with E-state index in [4.69, 9.17) is 0 Å². The molecule has 0 spiro atoms. The van der Waals surface area contributed by atoms with Gasteiger partial charge in [-0.05, 0) is 70.5 Å². The minimum atomic E-state index is -0.127. The van der Waals surface area contributed by atoms with E-state index in [1.165, 1.54) is 25.8 Å². The molecule has 28 heavy (non-hydrogen) atoms. The van der Waals surface area contributed by atoms with Gasteiger partial charge in [-0.15, -0.1) is 12.6 Å². The van der Waals surface area contributed by atoms with E-state index < -0.39 is 0 Å². The van der Waals surface area contributed by atoms with Crippen molar-refractivity contribution in [1.29, 1.82) is 0 Å². The Balaban J connectivity index is 2.06. The zero-order chi connectivity index (χ0) is 20.5. The van der Waals surface area contributed by atoms with Gasteiger partial charge in [0.1, 0.15) is 0 Å². The lowest BCUT2D eigenvalue weighted by atomic mass is 9.87. The van der Waals surface area contributed by atoms with Crippen LogP contribution in [0.2, 0.25) is 0 Å². The van der Waals surface area contributed by atoms with Gasteiger partial charge in [-0.2, -0.15) is 0 Å². The van der Waals surface area contributed by atoms with Gasteiger partial charge in [0, 0.05) is 4.90 Å². The Labute approximate surface area is 179 Å². The molecule has 3 rings (SSSR count). The second-order valence-corrected chi connectivity index (χ2v) is 11.9. The molecule has 3 aromatic carbocycles. The molecule has 0 atom stereocenters. The molecule has 0 fully saturated rings. The van der Waals surface area contributed by atoms with Crippen LogP contribution < -0.4 is 0 Å². The van der Waals surface area contributed by atoms with Crippen molar-refractivity contribution in [3.05, 3.63) is 83.9 Å². The summed E-state index contributed by atoms with van der Waals surface area (Å²) in [6.07, 6.45) is 0. The first-order valence-corrected chi connectivity index (χ1v) is 11.5. The molecule has 0 aliphatic heterocycles. The van der Waals surface area contributed by atoms with Crippen LogP contribution in [0.3, 0.4) is 0 Å². The summed E-state index contributed by atoms with van der Waals surface area (Å²) < 4.78 is 0. The number of rotatable bonds is 3. The van der Waals surface area contributed by atoms with Gasteiger partial charge in [0.15, 0.2) is 14.7 Å². The summed E-state index contributed by atoms with van der Waals surface area (Å²) in [5, 5.41) is 0. The third-order valence-electron chi connectivity index (χ3n) is 4.98. The van der Waals surface area contributed by atoms with Crippen molar-refractivity contribution in [3.63, 3.8) is 0 Å². The van der Waals surface area contributed by atoms with Gasteiger partial charge in [0.25, 0.3) is 0 Å². The predicted molar refractivity (Wildman–Crippen MR) is 126 cm³/mol. The molecule has 0 N–H and O–H groups in total. The largest absolute Gasteiger partial charge is 0.166 e. The summed E-state index contributed by atoms with van der Waals surface area (Å²) in [6, 6.07) is 26.9. The molecular formula is C26H31S2+. The molecule has 0 heterocycles. The van der Waals surface area contributed by atoms with E-state index in [2.05, 4.69) is 127 Å². The molecular weight excluding hydrogens is 376 g/mol. The average Bonchev–Trinajstić information content (AvgIpc) is 2.63. The van der Waals surface area contributed by atoms with Crippen molar-refractivity contribution in [3.8, 4) is 0 Å². The van der Waals surface area contributed by atoms with Crippen LogP contribution in [0.1, 0.15) is 52.7 Å². The van der Waals surface area contributed by atoms with E-state index in [0.29, 0.717) is 0 Å². The van der Waals surface area contributed by atoms with Crippen molar-refractivity contribution in [2.24, 2.45) is 0 Å². The second kappa shape index (κ2) is 8.00. The summed E-state index contributed by atoms with van der Waals surface area (Å²) in [4.78, 5) is 5.02. The van der Waals surface area contributed by atoms with Gasteiger partial charge in [0.2, 0.25) is 0 Å². The quantitative estimate of drug-likeness (QED) is 0.334. The van der Waals surface area contributed by atoms with Crippen molar-refractivity contribution in [2.45, 2.75) is 72.0 Å². The highest BCUT2D eigenvalue weighted by molar-refractivity contribution is 7.97. The molecule has 0 radical (unpaired) electrons. The summed E-state index contributed by atoms with van der Waals surface area (Å²) in [7, 11) is -0.127. The Kier molecular flexibility index (Phi) is 6.03. The highest BCUT2D eigenvalue weighted by Crippen LogP contribution is 2.34. The summed E-state index contributed by atoms with van der Waals surface area (Å²) >= 11 is 4.47. The molecule has 146 valence electrons. The maximum absolute atomic E-state index is 4.47. The summed E-state index contributed by atoms with van der Waals surface area (Å²) in [6.45, 7) is 13.6. The number of thiol groups is 1. The minimum absolute atomic E-state index is 0.127. The highest BCUT2D eigenvalue weighted by Gasteiger charge is 2.29. The number of hydrogen-bond donors (Lipinski definition) is 1. The standard InChI is InChI=1S/C26H30S2/c1-25(2,3)19-7-13-22(14-8-19)28(24-17-11-21(27)12-18-24)23-15-9-20(10-16-23)26(4,5)6/h7-18H,1-6H3/p+1. The van der Waals surface area contributed by atoms with E-state index in [1.54, 1.807) is 0 Å². The second-order valence-electron chi connectivity index (χ2n) is 9.35. The predicted octanol–water partition coefficient (Wildman–Crippen LogP) is 7.67. The van der Waals surface area contributed by atoms with E-state index in [1.807, 2.05) is 0 Å². The molecule has 0 amide bonds. The maximum Gasteiger partial charge on any atom is 0.166 e. The fraction of sp³-hybridized carbons (Fsp3) is 0.308. The van der Waals surface area contributed by atoms with Crippen molar-refractivity contribution >= 4 is 23.5 Å². The van der Waals surface area contributed by atoms with Gasteiger partial charge in [-0.3, -0.25) is 0 Å². The summed E-state index contributed by atoms with van der Waals surface area (Å²) in [5.41, 5.74) is 3.07. The molecule has 3 aromatic rings. The third kappa shape index (κ3) is 4.85. The Morgan fingerprint density at radius 1 is 0.500 bits per heavy atom. The zero-order valence-electron chi connectivity index (χ0n) is 17.8. The molecule has 2 heteroatoms. The Bertz CT molecular complexity index is 849. The number of benzene rings is 3. The lowest BCUT2D eigenvalue weighted by molar-refractivity contribution is 0.589. The first-order valence-electron chi connectivity index (χ1n) is 9.80. The average molecular weight is 408 g/mol. The smallest absolute Gasteiger partial charge is 0.143 e. The molecule has 0 aliphatic rings. The lowest BCUT2D eigenvalue weighted by Gasteiger charge is -2.20. The monoisotopic (exact) mass is 407 g/mol. The van der Waals surface area contributed by atoms with E-state index in [0.717, 1.165) is 4.90 Å². The Morgan fingerprint density at radius 2 is 0.786 bits per heavy atom. The molecule has 0 saturated heterocycles. The fourth-order valence-corrected chi connectivity index (χ4v) is 5.36. The van der Waals surface area contributed by atoms with Gasteiger partial charge < -0.3 is 0 Å². The van der Waals surface area contributed by atoms with Crippen LogP contribution in [-0.4, -0.2) is 0 Å². The topological polar surface area (TPSA) is 0 Å². The van der Waals surface area contributed by atoms with Crippen LogP contribution in [0.25, 0.3) is 0 Å². The number of hydrogen-bond acceptors (Lipinski definition) is 1. The fourth-order valence-electron chi connectivity index (χ4n) is 3.17. The molecule has 0 bridgehead atoms. The van der Waals surface area contributed by atoms with E-state index in [9.17, 15) is 0 Å². The van der Waals surface area contributed by atoms with Crippen LogP contribution in [0, 0.1) is 0 Å². The van der Waals surface area contributed by atoms with Crippen LogP contribution in [-0.2, 0) is 21.7 Å². The third-order valence-corrected chi connectivity index (χ3v) is 7.51. The van der Waals surface area contributed by atoms with Gasteiger partial charge >= 0.3 is 0 Å². The van der Waals surface area contributed by atoms with Crippen LogP contribution in [0.4, 0.5) is 0 Å². The van der Waals surface area contributed by atoms with Gasteiger partial charge in [-0.1, -0.05) is 65.8 Å².